The summed E-state index contributed by atoms with van der Waals surface area (Å²) >= 11 is 0. The molecule has 3 aromatic rings. The quantitative estimate of drug-likeness (QED) is 0.520. The van der Waals surface area contributed by atoms with E-state index in [1.54, 1.807) is 6.20 Å². The summed E-state index contributed by atoms with van der Waals surface area (Å²) in [5.41, 5.74) is 2.88. The molecule has 0 unspecified atom stereocenters. The number of carbonyl (C=O) groups is 1. The van der Waals surface area contributed by atoms with E-state index in [0.717, 1.165) is 54.7 Å². The lowest BCUT2D eigenvalue weighted by Crippen LogP contribution is -2.40. The minimum absolute atomic E-state index is 0.0606. The van der Waals surface area contributed by atoms with Gasteiger partial charge >= 0.3 is 0 Å². The molecule has 0 aliphatic carbocycles. The van der Waals surface area contributed by atoms with Gasteiger partial charge in [0.25, 0.3) is 5.56 Å². The number of carbonyl (C=O) groups excluding carboxylic acids is 1. The molecule has 1 saturated heterocycles. The van der Waals surface area contributed by atoms with Crippen LogP contribution in [-0.4, -0.2) is 51.3 Å². The van der Waals surface area contributed by atoms with Gasteiger partial charge in [-0.3, -0.25) is 9.59 Å². The number of fused-ring (bicyclic) bond motifs is 1. The molecule has 1 aliphatic rings. The number of nitrogens with zero attached hydrogens (tertiary/aromatic N) is 4. The number of rotatable bonds is 8. The fourth-order valence-electron chi connectivity index (χ4n) is 5.46. The Kier molecular flexibility index (Phi) is 7.51. The lowest BCUT2D eigenvalue weighted by atomic mass is 9.92. The number of benzene rings is 1. The molecule has 1 aliphatic heterocycles. The standard InChI is InChI=1S/C27H37N5O2/c1-19-13-20(2)16-30(15-19)12-8-11-28-25(33)18-32-27(34)26-22(4)31(21(3)24(26)14-29-32)17-23-9-6-5-7-10-23/h5-7,9-10,14,19-20H,8,11-13,15-18H2,1-4H3,(H,28,33)/t19-,20-/m1/s1. The maximum absolute atomic E-state index is 13.2. The van der Waals surface area contributed by atoms with Crippen LogP contribution in [0.4, 0.5) is 0 Å². The summed E-state index contributed by atoms with van der Waals surface area (Å²) in [6.07, 6.45) is 3.92. The van der Waals surface area contributed by atoms with Crippen molar-refractivity contribution in [2.24, 2.45) is 11.8 Å². The van der Waals surface area contributed by atoms with Crippen LogP contribution in [0.5, 0.6) is 0 Å². The second-order valence-corrected chi connectivity index (χ2v) is 10.0. The van der Waals surface area contributed by atoms with Crippen LogP contribution >= 0.6 is 0 Å². The van der Waals surface area contributed by atoms with Crippen molar-refractivity contribution < 1.29 is 4.79 Å². The Morgan fingerprint density at radius 2 is 1.79 bits per heavy atom. The second-order valence-electron chi connectivity index (χ2n) is 10.0. The zero-order valence-electron chi connectivity index (χ0n) is 20.9. The summed E-state index contributed by atoms with van der Waals surface area (Å²) in [6.45, 7) is 13.1. The molecule has 7 nitrogen and oxygen atoms in total. The molecule has 182 valence electrons. The van der Waals surface area contributed by atoms with Crippen molar-refractivity contribution in [3.05, 3.63) is 63.8 Å². The number of amides is 1. The van der Waals surface area contributed by atoms with Crippen molar-refractivity contribution in [1.29, 1.82) is 0 Å². The fraction of sp³-hybridized carbons (Fsp3) is 0.519. The van der Waals surface area contributed by atoms with Crippen LogP contribution in [0.1, 0.15) is 43.6 Å². The minimum atomic E-state index is -0.212. The molecular formula is C27H37N5O2. The number of aryl methyl sites for hydroxylation is 2. The van der Waals surface area contributed by atoms with E-state index in [0.29, 0.717) is 18.5 Å². The third kappa shape index (κ3) is 5.41. The van der Waals surface area contributed by atoms with E-state index in [1.807, 2.05) is 32.0 Å². The second kappa shape index (κ2) is 10.6. The molecule has 0 radical (unpaired) electrons. The van der Waals surface area contributed by atoms with Crippen molar-refractivity contribution in [3.63, 3.8) is 0 Å². The number of likely N-dealkylation sites (tertiary alicyclic amines) is 1. The van der Waals surface area contributed by atoms with Gasteiger partial charge in [-0.05, 0) is 50.6 Å². The highest BCUT2D eigenvalue weighted by Gasteiger charge is 2.21. The van der Waals surface area contributed by atoms with Crippen molar-refractivity contribution in [2.45, 2.75) is 53.6 Å². The van der Waals surface area contributed by atoms with Crippen molar-refractivity contribution in [3.8, 4) is 0 Å². The Labute approximate surface area is 201 Å². The lowest BCUT2D eigenvalue weighted by molar-refractivity contribution is -0.121. The molecule has 2 aromatic heterocycles. The van der Waals surface area contributed by atoms with Gasteiger partial charge in [0.15, 0.2) is 0 Å². The van der Waals surface area contributed by atoms with Gasteiger partial charge < -0.3 is 14.8 Å². The van der Waals surface area contributed by atoms with Gasteiger partial charge in [0, 0.05) is 43.0 Å². The number of aromatic nitrogens is 3. The largest absolute Gasteiger partial charge is 0.354 e. The van der Waals surface area contributed by atoms with E-state index in [-0.39, 0.29) is 18.0 Å². The topological polar surface area (TPSA) is 72.2 Å². The Morgan fingerprint density at radius 3 is 2.50 bits per heavy atom. The molecule has 3 heterocycles. The van der Waals surface area contributed by atoms with Crippen LogP contribution < -0.4 is 10.9 Å². The molecule has 0 saturated carbocycles. The van der Waals surface area contributed by atoms with E-state index < -0.39 is 0 Å². The number of piperidine rings is 1. The van der Waals surface area contributed by atoms with E-state index in [9.17, 15) is 9.59 Å². The van der Waals surface area contributed by atoms with Crippen LogP contribution in [0.25, 0.3) is 10.8 Å². The Hall–Kier alpha value is -2.93. The molecule has 7 heteroatoms. The smallest absolute Gasteiger partial charge is 0.276 e. The maximum atomic E-state index is 13.2. The predicted molar refractivity (Wildman–Crippen MR) is 136 cm³/mol. The Bertz CT molecular complexity index is 1190. The van der Waals surface area contributed by atoms with Crippen LogP contribution in [0.3, 0.4) is 0 Å². The van der Waals surface area contributed by atoms with Gasteiger partial charge in [-0.15, -0.1) is 0 Å². The average molecular weight is 464 g/mol. The highest BCUT2D eigenvalue weighted by Crippen LogP contribution is 2.23. The van der Waals surface area contributed by atoms with Crippen LogP contribution in [-0.2, 0) is 17.9 Å². The molecule has 4 rings (SSSR count). The van der Waals surface area contributed by atoms with Gasteiger partial charge in [-0.1, -0.05) is 44.2 Å². The first kappa shape index (κ1) is 24.2. The molecule has 2 atom stereocenters. The normalized spacial score (nSPS) is 18.9. The first-order valence-electron chi connectivity index (χ1n) is 12.4. The SMILES string of the molecule is Cc1c2cnn(CC(=O)NCCCN3C[C@H](C)C[C@@H](C)C3)c(=O)c2c(C)n1Cc1ccccc1. The number of nitrogens with one attached hydrogen (secondary N) is 1. The van der Waals surface area contributed by atoms with Gasteiger partial charge in [-0.25, -0.2) is 4.68 Å². The van der Waals surface area contributed by atoms with Crippen LogP contribution in [0.2, 0.25) is 0 Å². The van der Waals surface area contributed by atoms with E-state index in [2.05, 4.69) is 45.9 Å². The van der Waals surface area contributed by atoms with Gasteiger partial charge in [-0.2, -0.15) is 5.10 Å². The Morgan fingerprint density at radius 1 is 1.09 bits per heavy atom. The monoisotopic (exact) mass is 463 g/mol. The van der Waals surface area contributed by atoms with Gasteiger partial charge in [0.05, 0.1) is 11.6 Å². The third-order valence-electron chi connectivity index (χ3n) is 7.00. The zero-order chi connectivity index (χ0) is 24.2. The highest BCUT2D eigenvalue weighted by molar-refractivity contribution is 5.87. The molecule has 34 heavy (non-hydrogen) atoms. The highest BCUT2D eigenvalue weighted by atomic mass is 16.2. The van der Waals surface area contributed by atoms with Crippen LogP contribution in [0.15, 0.2) is 41.3 Å². The van der Waals surface area contributed by atoms with E-state index >= 15 is 0 Å². The summed E-state index contributed by atoms with van der Waals surface area (Å²) in [5, 5.41) is 8.76. The van der Waals surface area contributed by atoms with E-state index in [4.69, 9.17) is 0 Å². The zero-order valence-corrected chi connectivity index (χ0v) is 20.9. The van der Waals surface area contributed by atoms with Crippen molar-refractivity contribution in [2.75, 3.05) is 26.2 Å². The molecule has 0 bridgehead atoms. The molecule has 1 aromatic carbocycles. The summed E-state index contributed by atoms with van der Waals surface area (Å²) in [5.74, 6) is 1.30. The summed E-state index contributed by atoms with van der Waals surface area (Å²) < 4.78 is 3.43. The predicted octanol–water partition coefficient (Wildman–Crippen LogP) is 3.35. The number of hydrogen-bond acceptors (Lipinski definition) is 4. The third-order valence-corrected chi connectivity index (χ3v) is 7.00. The fourth-order valence-corrected chi connectivity index (χ4v) is 5.46. The molecule has 1 amide bonds. The summed E-state index contributed by atoms with van der Waals surface area (Å²) in [6, 6.07) is 10.2. The van der Waals surface area contributed by atoms with Crippen molar-refractivity contribution >= 4 is 16.7 Å². The Balaban J connectivity index is 1.38. The lowest BCUT2D eigenvalue weighted by Gasteiger charge is -2.34. The molecule has 1 N–H and O–H groups in total. The number of hydrogen-bond donors (Lipinski definition) is 1. The van der Waals surface area contributed by atoms with Crippen molar-refractivity contribution in [1.82, 2.24) is 24.6 Å². The average Bonchev–Trinajstić information content (AvgIpc) is 3.04. The van der Waals surface area contributed by atoms with Gasteiger partial charge in [0.1, 0.15) is 6.54 Å². The molecular weight excluding hydrogens is 426 g/mol. The van der Waals surface area contributed by atoms with Gasteiger partial charge in [0.2, 0.25) is 5.91 Å². The molecule has 0 spiro atoms. The molecule has 1 fully saturated rings. The van der Waals surface area contributed by atoms with E-state index in [1.165, 1.54) is 16.7 Å². The first-order valence-corrected chi connectivity index (χ1v) is 12.4. The summed E-state index contributed by atoms with van der Waals surface area (Å²) in [7, 11) is 0. The minimum Gasteiger partial charge on any atom is -0.354 e. The van der Waals surface area contributed by atoms with Crippen LogP contribution in [0, 0.1) is 25.7 Å². The first-order chi connectivity index (χ1) is 16.3. The maximum Gasteiger partial charge on any atom is 0.276 e. The summed E-state index contributed by atoms with van der Waals surface area (Å²) in [4.78, 5) is 28.2.